The second-order valence-corrected chi connectivity index (χ2v) is 8.56. The highest BCUT2D eigenvalue weighted by molar-refractivity contribution is 7.89. The lowest BCUT2D eigenvalue weighted by atomic mass is 10.2. The van der Waals surface area contributed by atoms with E-state index >= 15 is 0 Å². The second-order valence-electron chi connectivity index (χ2n) is 6.69. The molecule has 1 aliphatic heterocycles. The third kappa shape index (κ3) is 3.29. The van der Waals surface area contributed by atoms with Gasteiger partial charge in [0.1, 0.15) is 22.4 Å². The van der Waals surface area contributed by atoms with E-state index in [1.165, 1.54) is 4.31 Å². The lowest BCUT2D eigenvalue weighted by Gasteiger charge is -2.18. The molecule has 0 spiro atoms. The Labute approximate surface area is 162 Å². The number of aromatic nitrogens is 3. The number of hydrogen-bond acceptors (Lipinski definition) is 8. The Hall–Kier alpha value is -2.72. The Morgan fingerprint density at radius 3 is 2.61 bits per heavy atom. The number of sulfonamides is 1. The van der Waals surface area contributed by atoms with E-state index in [1.54, 1.807) is 26.8 Å². The van der Waals surface area contributed by atoms with Gasteiger partial charge in [0, 0.05) is 6.54 Å². The zero-order valence-corrected chi connectivity index (χ0v) is 16.6. The molecule has 1 fully saturated rings. The van der Waals surface area contributed by atoms with Crippen LogP contribution in [-0.2, 0) is 10.0 Å². The van der Waals surface area contributed by atoms with E-state index in [9.17, 15) is 8.42 Å². The number of aryl methyl sites for hydroxylation is 3. The van der Waals surface area contributed by atoms with Crippen LogP contribution in [0.3, 0.4) is 0 Å². The summed E-state index contributed by atoms with van der Waals surface area (Å²) >= 11 is 0. The molecule has 4 rings (SSSR count). The second kappa shape index (κ2) is 7.02. The van der Waals surface area contributed by atoms with E-state index < -0.39 is 10.0 Å². The Balaban J connectivity index is 1.54. The van der Waals surface area contributed by atoms with Crippen LogP contribution in [0.5, 0.6) is 5.75 Å². The first-order valence-electron chi connectivity index (χ1n) is 8.85. The van der Waals surface area contributed by atoms with Gasteiger partial charge in [-0.25, -0.2) is 8.42 Å². The van der Waals surface area contributed by atoms with E-state index in [0.717, 1.165) is 0 Å². The fourth-order valence-electron chi connectivity index (χ4n) is 3.32. The van der Waals surface area contributed by atoms with Gasteiger partial charge in [-0.2, -0.15) is 9.29 Å². The molecule has 0 radical (unpaired) electrons. The van der Waals surface area contributed by atoms with Crippen LogP contribution < -0.4 is 4.74 Å². The van der Waals surface area contributed by atoms with Crippen molar-refractivity contribution >= 4 is 10.0 Å². The van der Waals surface area contributed by atoms with E-state index in [2.05, 4.69) is 15.3 Å². The highest BCUT2D eigenvalue weighted by Gasteiger charge is 2.37. The van der Waals surface area contributed by atoms with E-state index in [-0.39, 0.29) is 17.5 Å². The maximum Gasteiger partial charge on any atom is 0.261 e. The molecule has 1 aromatic carbocycles. The molecule has 1 unspecified atom stereocenters. The Morgan fingerprint density at radius 2 is 1.93 bits per heavy atom. The van der Waals surface area contributed by atoms with Crippen molar-refractivity contribution in [1.82, 2.24) is 19.6 Å². The molecule has 0 amide bonds. The molecule has 0 bridgehead atoms. The minimum atomic E-state index is -3.68. The monoisotopic (exact) mass is 404 g/mol. The standard InChI is InChI=1S/C18H20N4O5S/c1-11-17(12(2)26-20-11)28(23,24)22-9-8-14(10-22)25-16-7-5-4-6-15(16)18-19-13(3)21-27-18/h4-7,14H,8-10H2,1-3H3. The first kappa shape index (κ1) is 18.6. The third-order valence-electron chi connectivity index (χ3n) is 4.61. The summed E-state index contributed by atoms with van der Waals surface area (Å²) in [5.41, 5.74) is 1.04. The van der Waals surface area contributed by atoms with Crippen LogP contribution in [0.15, 0.2) is 38.2 Å². The van der Waals surface area contributed by atoms with Crippen molar-refractivity contribution in [3.63, 3.8) is 0 Å². The van der Waals surface area contributed by atoms with Crippen LogP contribution >= 0.6 is 0 Å². The van der Waals surface area contributed by atoms with E-state index in [0.29, 0.717) is 47.4 Å². The highest BCUT2D eigenvalue weighted by atomic mass is 32.2. The summed E-state index contributed by atoms with van der Waals surface area (Å²) in [5.74, 6) is 1.76. The van der Waals surface area contributed by atoms with Crippen molar-refractivity contribution in [1.29, 1.82) is 0 Å². The lowest BCUT2D eigenvalue weighted by Crippen LogP contribution is -2.31. The Bertz CT molecular complexity index is 1090. The van der Waals surface area contributed by atoms with Gasteiger partial charge in [-0.3, -0.25) is 0 Å². The molecule has 1 saturated heterocycles. The molecule has 9 nitrogen and oxygen atoms in total. The van der Waals surface area contributed by atoms with Gasteiger partial charge in [-0.05, 0) is 39.3 Å². The Morgan fingerprint density at radius 1 is 1.14 bits per heavy atom. The number of nitrogens with zero attached hydrogens (tertiary/aromatic N) is 4. The number of hydrogen-bond donors (Lipinski definition) is 0. The molecule has 3 aromatic rings. The summed E-state index contributed by atoms with van der Waals surface area (Å²) in [4.78, 5) is 4.38. The lowest BCUT2D eigenvalue weighted by molar-refractivity contribution is 0.216. The van der Waals surface area contributed by atoms with Crippen molar-refractivity contribution in [3.05, 3.63) is 41.5 Å². The largest absolute Gasteiger partial charge is 0.488 e. The topological polar surface area (TPSA) is 112 Å². The SMILES string of the molecule is Cc1noc(-c2ccccc2OC2CCN(S(=O)(=O)c3c(C)noc3C)C2)n1. The maximum atomic E-state index is 13.0. The summed E-state index contributed by atoms with van der Waals surface area (Å²) in [7, 11) is -3.68. The first-order chi connectivity index (χ1) is 13.4. The molecule has 148 valence electrons. The summed E-state index contributed by atoms with van der Waals surface area (Å²) in [6.45, 7) is 5.56. The third-order valence-corrected chi connectivity index (χ3v) is 6.72. The molecule has 1 atom stereocenters. The summed E-state index contributed by atoms with van der Waals surface area (Å²) in [6.07, 6.45) is 0.278. The van der Waals surface area contributed by atoms with Crippen molar-refractivity contribution < 1.29 is 22.2 Å². The molecule has 10 heteroatoms. The van der Waals surface area contributed by atoms with Crippen LogP contribution in [0.4, 0.5) is 0 Å². The van der Waals surface area contributed by atoms with Gasteiger partial charge >= 0.3 is 0 Å². The first-order valence-corrected chi connectivity index (χ1v) is 10.3. The molecular formula is C18H20N4O5S. The Kier molecular flexibility index (Phi) is 4.68. The smallest absolute Gasteiger partial charge is 0.261 e. The molecule has 2 aromatic heterocycles. The van der Waals surface area contributed by atoms with Crippen LogP contribution in [-0.4, -0.2) is 47.2 Å². The van der Waals surface area contributed by atoms with Gasteiger partial charge in [0.2, 0.25) is 10.0 Å². The number of rotatable bonds is 5. The van der Waals surface area contributed by atoms with Gasteiger partial charge in [-0.1, -0.05) is 22.4 Å². The molecule has 3 heterocycles. The summed E-state index contributed by atoms with van der Waals surface area (Å²) < 4.78 is 43.7. The van der Waals surface area contributed by atoms with Crippen LogP contribution in [0, 0.1) is 20.8 Å². The maximum absolute atomic E-state index is 13.0. The molecule has 0 saturated carbocycles. The predicted octanol–water partition coefficient (Wildman–Crippen LogP) is 2.49. The van der Waals surface area contributed by atoms with Gasteiger partial charge in [-0.15, -0.1) is 0 Å². The number of para-hydroxylation sites is 1. The van der Waals surface area contributed by atoms with E-state index in [4.69, 9.17) is 13.8 Å². The minimum Gasteiger partial charge on any atom is -0.488 e. The van der Waals surface area contributed by atoms with Crippen molar-refractivity contribution in [2.75, 3.05) is 13.1 Å². The van der Waals surface area contributed by atoms with Gasteiger partial charge < -0.3 is 13.8 Å². The number of benzene rings is 1. The van der Waals surface area contributed by atoms with Crippen molar-refractivity contribution in [2.45, 2.75) is 38.2 Å². The zero-order chi connectivity index (χ0) is 19.9. The fourth-order valence-corrected chi connectivity index (χ4v) is 5.09. The molecule has 0 aliphatic carbocycles. The van der Waals surface area contributed by atoms with Crippen LogP contribution in [0.25, 0.3) is 11.5 Å². The highest BCUT2D eigenvalue weighted by Crippen LogP contribution is 2.32. The van der Waals surface area contributed by atoms with Gasteiger partial charge in [0.15, 0.2) is 11.6 Å². The average molecular weight is 404 g/mol. The van der Waals surface area contributed by atoms with Crippen molar-refractivity contribution in [3.8, 4) is 17.2 Å². The fraction of sp³-hybridized carbons (Fsp3) is 0.389. The predicted molar refractivity (Wildman–Crippen MR) is 98.2 cm³/mol. The molecule has 0 N–H and O–H groups in total. The summed E-state index contributed by atoms with van der Waals surface area (Å²) in [6, 6.07) is 7.33. The van der Waals surface area contributed by atoms with Crippen LogP contribution in [0.2, 0.25) is 0 Å². The normalized spacial score (nSPS) is 17.9. The molecule has 1 aliphatic rings. The van der Waals surface area contributed by atoms with Gasteiger partial charge in [0.05, 0.1) is 12.1 Å². The zero-order valence-electron chi connectivity index (χ0n) is 15.7. The molecule has 28 heavy (non-hydrogen) atoms. The average Bonchev–Trinajstić information content (AvgIpc) is 3.37. The van der Waals surface area contributed by atoms with E-state index in [1.807, 2.05) is 18.2 Å². The summed E-state index contributed by atoms with van der Waals surface area (Å²) in [5, 5.41) is 7.56. The number of ether oxygens (including phenoxy) is 1. The molecular weight excluding hydrogens is 384 g/mol. The van der Waals surface area contributed by atoms with Crippen molar-refractivity contribution in [2.24, 2.45) is 0 Å². The quantitative estimate of drug-likeness (QED) is 0.638. The van der Waals surface area contributed by atoms with Gasteiger partial charge in [0.25, 0.3) is 5.89 Å². The van der Waals surface area contributed by atoms with Crippen LogP contribution in [0.1, 0.15) is 23.7 Å². The minimum absolute atomic E-state index is 0.134.